The Morgan fingerprint density at radius 1 is 0.531 bits per heavy atom. The quantitative estimate of drug-likeness (QED) is 0.0728. The maximum atomic E-state index is 15.1. The van der Waals surface area contributed by atoms with E-state index in [0.717, 1.165) is 0 Å². The van der Waals surface area contributed by atoms with Gasteiger partial charge in [0, 0.05) is 6.07 Å². The molecule has 0 aliphatic heterocycles. The monoisotopic (exact) mass is 840 g/mol. The summed E-state index contributed by atoms with van der Waals surface area (Å²) in [5, 5.41) is -13.8. The number of hydrogen-bond donors (Lipinski definition) is 0. The summed E-state index contributed by atoms with van der Waals surface area (Å²) < 4.78 is 284. The molecule has 0 spiro atoms. The van der Waals surface area contributed by atoms with E-state index in [9.17, 15) is 83.2 Å². The van der Waals surface area contributed by atoms with Crippen LogP contribution in [-0.4, -0.2) is 35.7 Å². The molecule has 4 nitrogen and oxygen atoms in total. The Hall–Kier alpha value is -1.04. The van der Waals surface area contributed by atoms with Gasteiger partial charge < -0.3 is 4.55 Å². The maximum absolute atomic E-state index is 15.1. The van der Waals surface area contributed by atoms with Crippen LogP contribution in [0, 0.1) is 58.2 Å². The summed E-state index contributed by atoms with van der Waals surface area (Å²) in [5.41, 5.74) is 0. The van der Waals surface area contributed by atoms with E-state index in [2.05, 4.69) is 0 Å². The van der Waals surface area contributed by atoms with E-state index in [0.29, 0.717) is 0 Å². The predicted octanol–water partition coefficient (Wildman–Crippen LogP) is 6.41. The number of halogens is 18. The minimum atomic E-state index is -7.61. The average Bonchev–Trinajstić information content (AvgIpc) is 2.94. The molecule has 0 saturated carbocycles. The zero-order valence-corrected chi connectivity index (χ0v) is 28.7. The molecule has 0 N–H and O–H groups in total. The van der Waals surface area contributed by atoms with Crippen molar-refractivity contribution in [2.45, 2.75) is 47.2 Å². The molecule has 0 aliphatic carbocycles. The maximum Gasteiger partial charge on any atom is 1.00 e. The first-order chi connectivity index (χ1) is 21.6. The molecule has 0 atom stereocenters. The number of hydrogen-bond acceptors (Lipinski definition) is 7. The standard InChI is InChI=1S/C22H4F18O4S4.K/c23-4-1-5(24)11(28)16(10(4)27)45-8-2-6(25)12(29)17(14(8)31)46-9-3-7(26)13(30)18(15(9)32)47-21(37,38)19(33,34)44-20(35,36)22(39,40)48(41,42)43;/h1-3H,(H,41,42,43);/q;+1/p-1. The summed E-state index contributed by atoms with van der Waals surface area (Å²) >= 11 is -3.87. The third-order valence-electron chi connectivity index (χ3n) is 5.14. The molecule has 0 saturated heterocycles. The Kier molecular flexibility index (Phi) is 13.6. The van der Waals surface area contributed by atoms with Crippen molar-refractivity contribution in [3.05, 3.63) is 76.4 Å². The van der Waals surface area contributed by atoms with Crippen LogP contribution in [-0.2, 0) is 14.9 Å². The molecular formula is C22H3F18KO4S4. The minimum Gasteiger partial charge on any atom is -0.743 e. The van der Waals surface area contributed by atoms with Gasteiger partial charge in [0.1, 0.15) is 0 Å². The molecule has 49 heavy (non-hydrogen) atoms. The molecule has 0 radical (unpaired) electrons. The Labute approximate surface area is 314 Å². The smallest absolute Gasteiger partial charge is 0.743 e. The van der Waals surface area contributed by atoms with Gasteiger partial charge in [-0.3, -0.25) is 0 Å². The second-order valence-electron chi connectivity index (χ2n) is 8.35. The van der Waals surface area contributed by atoms with Crippen LogP contribution in [0.15, 0.2) is 42.7 Å². The van der Waals surface area contributed by atoms with E-state index in [1.807, 2.05) is 4.74 Å². The summed E-state index contributed by atoms with van der Waals surface area (Å²) in [6.45, 7) is 0. The summed E-state index contributed by atoms with van der Waals surface area (Å²) in [5.74, 6) is -23.5. The van der Waals surface area contributed by atoms with E-state index in [1.54, 1.807) is 0 Å². The van der Waals surface area contributed by atoms with Crippen LogP contribution in [0.2, 0.25) is 0 Å². The number of benzene rings is 3. The van der Waals surface area contributed by atoms with Crippen molar-refractivity contribution in [1.29, 1.82) is 0 Å². The predicted molar refractivity (Wildman–Crippen MR) is 124 cm³/mol. The fourth-order valence-corrected chi connectivity index (χ4v) is 6.09. The Morgan fingerprint density at radius 3 is 1.24 bits per heavy atom. The number of thioether (sulfide) groups is 1. The van der Waals surface area contributed by atoms with Crippen molar-refractivity contribution >= 4 is 45.4 Å². The third-order valence-corrected chi connectivity index (χ3v) is 9.22. The summed E-state index contributed by atoms with van der Waals surface area (Å²) in [7, 11) is -7.61. The third kappa shape index (κ3) is 8.62. The topological polar surface area (TPSA) is 66.4 Å². The van der Waals surface area contributed by atoms with Crippen molar-refractivity contribution in [2.24, 2.45) is 0 Å². The molecule has 0 aromatic heterocycles. The number of alkyl halides is 8. The van der Waals surface area contributed by atoms with Gasteiger partial charge in [-0.2, -0.15) is 35.1 Å². The molecule has 3 rings (SSSR count). The van der Waals surface area contributed by atoms with Crippen LogP contribution in [0.3, 0.4) is 0 Å². The minimum absolute atomic E-state index is 0. The zero-order valence-electron chi connectivity index (χ0n) is 22.3. The molecule has 3 aromatic carbocycles. The fraction of sp³-hybridized carbons (Fsp3) is 0.182. The van der Waals surface area contributed by atoms with Gasteiger partial charge in [0.05, 0.1) is 24.5 Å². The summed E-state index contributed by atoms with van der Waals surface area (Å²) in [6, 6.07) is -0.912. The second kappa shape index (κ2) is 15.1. The molecule has 0 amide bonds. The van der Waals surface area contributed by atoms with Crippen LogP contribution in [0.5, 0.6) is 0 Å². The van der Waals surface area contributed by atoms with Gasteiger partial charge in [0.25, 0.3) is 0 Å². The molecule has 0 aliphatic rings. The van der Waals surface area contributed by atoms with Crippen molar-refractivity contribution in [3.63, 3.8) is 0 Å². The van der Waals surface area contributed by atoms with Crippen molar-refractivity contribution in [3.8, 4) is 0 Å². The normalized spacial score (nSPS) is 13.1. The number of rotatable bonds is 11. The van der Waals surface area contributed by atoms with Crippen molar-refractivity contribution in [2.75, 3.05) is 0 Å². The van der Waals surface area contributed by atoms with Crippen LogP contribution in [0.25, 0.3) is 0 Å². The van der Waals surface area contributed by atoms with Crippen molar-refractivity contribution < 1.29 is 148 Å². The molecule has 0 unspecified atom stereocenters. The van der Waals surface area contributed by atoms with Gasteiger partial charge in [0.2, 0.25) is 0 Å². The molecule has 0 heterocycles. The molecular weight excluding hydrogens is 838 g/mol. The fourth-order valence-electron chi connectivity index (χ4n) is 2.92. The van der Waals surface area contributed by atoms with Gasteiger partial charge in [-0.1, -0.05) is 23.5 Å². The van der Waals surface area contributed by atoms with Crippen LogP contribution >= 0.6 is 35.3 Å². The van der Waals surface area contributed by atoms with Gasteiger partial charge >= 0.3 is 74.1 Å². The summed E-state index contributed by atoms with van der Waals surface area (Å²) in [4.78, 5) is -9.55. The first-order valence-electron chi connectivity index (χ1n) is 11.0. The van der Waals surface area contributed by atoms with E-state index < -0.39 is 157 Å². The summed E-state index contributed by atoms with van der Waals surface area (Å²) in [6.07, 6.45) is -14.4. The molecule has 3 aromatic rings. The van der Waals surface area contributed by atoms with Gasteiger partial charge in [-0.15, -0.1) is 0 Å². The average molecular weight is 841 g/mol. The first kappa shape index (κ1) is 44.1. The van der Waals surface area contributed by atoms with Crippen LogP contribution in [0.1, 0.15) is 0 Å². The zero-order chi connectivity index (χ0) is 37.1. The van der Waals surface area contributed by atoms with Gasteiger partial charge in [0.15, 0.2) is 68.3 Å². The first-order valence-corrected chi connectivity index (χ1v) is 14.8. The Balaban J connectivity index is 0.00000833. The largest absolute Gasteiger partial charge is 1.00 e. The van der Waals surface area contributed by atoms with E-state index in [4.69, 9.17) is 0 Å². The molecule has 27 heteroatoms. The van der Waals surface area contributed by atoms with Gasteiger partial charge in [-0.05, 0) is 23.9 Å². The van der Waals surface area contributed by atoms with Gasteiger partial charge in [-0.25, -0.2) is 57.1 Å². The van der Waals surface area contributed by atoms with E-state index >= 15 is 8.78 Å². The second-order valence-corrected chi connectivity index (χ2v) is 13.0. The van der Waals surface area contributed by atoms with Crippen LogP contribution in [0.4, 0.5) is 79.0 Å². The van der Waals surface area contributed by atoms with E-state index in [1.165, 1.54) is 0 Å². The molecule has 0 fully saturated rings. The van der Waals surface area contributed by atoms with Crippen molar-refractivity contribution in [1.82, 2.24) is 0 Å². The Morgan fingerprint density at radius 2 is 0.857 bits per heavy atom. The molecule has 266 valence electrons. The SMILES string of the molecule is O=S(=O)([O-])C(F)(F)C(F)(F)OC(F)(F)C(F)(F)Sc1c(F)c(F)cc(Sc2c(F)c(F)cc(Sc3c(F)c(F)cc(F)c3F)c2F)c1F.[K+]. The number of ether oxygens (including phenoxy) is 1. The van der Waals surface area contributed by atoms with E-state index in [-0.39, 0.29) is 63.5 Å². The van der Waals surface area contributed by atoms with Crippen LogP contribution < -0.4 is 51.4 Å². The molecule has 0 bridgehead atoms. The Bertz CT molecular complexity index is 1870.